The molecule has 2 aliphatic carbocycles. The Labute approximate surface area is 284 Å². The van der Waals surface area contributed by atoms with Gasteiger partial charge in [-0.3, -0.25) is 9.59 Å². The van der Waals surface area contributed by atoms with Gasteiger partial charge in [0.15, 0.2) is 18.9 Å². The van der Waals surface area contributed by atoms with Gasteiger partial charge in [-0.25, -0.2) is 0 Å². The van der Waals surface area contributed by atoms with Gasteiger partial charge >= 0.3 is 0 Å². The Hall–Kier alpha value is -1.16. The van der Waals surface area contributed by atoms with E-state index in [9.17, 15) is 9.59 Å². The third-order valence-electron chi connectivity index (χ3n) is 11.1. The molecule has 9 atom stereocenters. The van der Waals surface area contributed by atoms with Gasteiger partial charge in [-0.15, -0.1) is 0 Å². The summed E-state index contributed by atoms with van der Waals surface area (Å²) in [6, 6.07) is 0. The molecule has 0 N–H and O–H groups in total. The van der Waals surface area contributed by atoms with Crippen LogP contribution < -0.4 is 0 Å². The number of hydrogen-bond donors (Lipinski definition) is 0. The number of unbranched alkanes of at least 4 members (excludes halogenated alkanes) is 3. The summed E-state index contributed by atoms with van der Waals surface area (Å²) >= 11 is 0. The van der Waals surface area contributed by atoms with Crippen LogP contribution in [0.4, 0.5) is 0 Å². The summed E-state index contributed by atoms with van der Waals surface area (Å²) in [5.41, 5.74) is 0. The van der Waals surface area contributed by atoms with E-state index in [0.717, 1.165) is 103 Å². The van der Waals surface area contributed by atoms with Gasteiger partial charge in [-0.2, -0.15) is 0 Å². The van der Waals surface area contributed by atoms with Gasteiger partial charge in [0.2, 0.25) is 0 Å². The summed E-state index contributed by atoms with van der Waals surface area (Å²) in [4.78, 5) is 26.8. The molecule has 0 spiro atoms. The lowest BCUT2D eigenvalue weighted by Crippen LogP contribution is -2.32. The lowest BCUT2D eigenvalue weighted by molar-refractivity contribution is -0.193. The van der Waals surface area contributed by atoms with Crippen molar-refractivity contribution in [2.24, 2.45) is 23.7 Å². The zero-order valence-corrected chi connectivity index (χ0v) is 29.3. The Kier molecular flexibility index (Phi) is 16.2. The molecule has 5 aliphatic rings. The number of Topliss-reactive ketones (excluding diaryl/α,β-unsaturated/α-hetero) is 2. The molecule has 268 valence electrons. The second-order valence-corrected chi connectivity index (χ2v) is 14.9. The van der Waals surface area contributed by atoms with Crippen LogP contribution >= 0.6 is 0 Å². The molecule has 3 heterocycles. The maximum atomic E-state index is 13.5. The zero-order chi connectivity index (χ0) is 32.7. The molecule has 3 saturated heterocycles. The summed E-state index contributed by atoms with van der Waals surface area (Å²) in [5, 5.41) is 0. The monoisotopic (exact) mass is 660 g/mol. The Morgan fingerprint density at radius 1 is 0.851 bits per heavy atom. The number of ether oxygens (including phenoxy) is 6. The van der Waals surface area contributed by atoms with Crippen molar-refractivity contribution in [1.29, 1.82) is 0 Å². The molecule has 5 fully saturated rings. The molecule has 8 nitrogen and oxygen atoms in total. The third-order valence-corrected chi connectivity index (χ3v) is 11.1. The minimum atomic E-state index is -0.355. The number of rotatable bonds is 19. The third kappa shape index (κ3) is 12.3. The second-order valence-electron chi connectivity index (χ2n) is 14.9. The highest BCUT2D eigenvalue weighted by Crippen LogP contribution is 2.41. The predicted molar refractivity (Wildman–Crippen MR) is 181 cm³/mol. The lowest BCUT2D eigenvalue weighted by Gasteiger charge is -2.31. The Morgan fingerprint density at radius 3 is 2.28 bits per heavy atom. The van der Waals surface area contributed by atoms with E-state index >= 15 is 0 Å². The van der Waals surface area contributed by atoms with E-state index in [1.54, 1.807) is 0 Å². The first-order valence-electron chi connectivity index (χ1n) is 19.6. The van der Waals surface area contributed by atoms with Gasteiger partial charge in [0.1, 0.15) is 11.6 Å². The van der Waals surface area contributed by atoms with Gasteiger partial charge in [0, 0.05) is 57.5 Å². The fraction of sp³-hybridized carbons (Fsp3) is 0.897. The van der Waals surface area contributed by atoms with Gasteiger partial charge < -0.3 is 28.4 Å². The average molecular weight is 661 g/mol. The Bertz CT molecular complexity index is 935. The molecule has 0 radical (unpaired) electrons. The highest BCUT2D eigenvalue weighted by molar-refractivity contribution is 5.90. The maximum Gasteiger partial charge on any atom is 0.158 e. The SMILES string of the molecule is CCCC[C@H]1CC[C@H]([C@@H](/C=C/[C@H]2[C@H](OC3CCCCO3)CC(=O)[C@@H]2CC(=O)CCCCCOC2CCCCO2)OC2CCCCO2)C1. The fourth-order valence-electron chi connectivity index (χ4n) is 8.34. The summed E-state index contributed by atoms with van der Waals surface area (Å²) in [5.74, 6) is 1.01. The van der Waals surface area contributed by atoms with Crippen LogP contribution in [0.2, 0.25) is 0 Å². The van der Waals surface area contributed by atoms with Crippen LogP contribution in [0.5, 0.6) is 0 Å². The molecular formula is C39H64O8. The quantitative estimate of drug-likeness (QED) is 0.101. The number of ketones is 2. The van der Waals surface area contributed by atoms with Crippen LogP contribution in [-0.4, -0.2) is 69.1 Å². The van der Waals surface area contributed by atoms with Crippen molar-refractivity contribution in [2.75, 3.05) is 26.4 Å². The van der Waals surface area contributed by atoms with E-state index in [-0.39, 0.29) is 60.9 Å². The first-order valence-corrected chi connectivity index (χ1v) is 19.6. The standard InChI is InChI=1S/C39H64O8/c1-2-3-13-29-18-19-30(26-29)35(46-38-16-7-11-24-44-38)21-20-32-33(34(41)28-36(32)47-39-17-8-12-25-45-39)27-31(40)14-5-4-9-22-42-37-15-6-10-23-43-37/h20-21,29-30,32-33,35-39H,2-19,22-28H2,1H3/b21-20+/t29-,30-,32+,33+,35+,36+,37?,38?,39?/m0/s1. The van der Waals surface area contributed by atoms with E-state index in [1.165, 1.54) is 32.1 Å². The summed E-state index contributed by atoms with van der Waals surface area (Å²) in [6.45, 7) is 5.18. The van der Waals surface area contributed by atoms with Crippen LogP contribution in [0.25, 0.3) is 0 Å². The van der Waals surface area contributed by atoms with Gasteiger partial charge in [0.25, 0.3) is 0 Å². The van der Waals surface area contributed by atoms with Crippen molar-refractivity contribution in [1.82, 2.24) is 0 Å². The molecule has 0 bridgehead atoms. The topological polar surface area (TPSA) is 89.5 Å². The van der Waals surface area contributed by atoms with Crippen molar-refractivity contribution >= 4 is 11.6 Å². The Balaban J connectivity index is 1.19. The maximum absolute atomic E-state index is 13.5. The number of carbonyl (C=O) groups is 2. The van der Waals surface area contributed by atoms with Crippen LogP contribution in [0.3, 0.4) is 0 Å². The normalized spacial score (nSPS) is 34.3. The van der Waals surface area contributed by atoms with Gasteiger partial charge in [0.05, 0.1) is 12.2 Å². The van der Waals surface area contributed by atoms with Crippen LogP contribution in [-0.2, 0) is 38.0 Å². The molecule has 2 saturated carbocycles. The van der Waals surface area contributed by atoms with Crippen molar-refractivity contribution in [3.8, 4) is 0 Å². The van der Waals surface area contributed by atoms with E-state index in [1.807, 2.05) is 0 Å². The van der Waals surface area contributed by atoms with E-state index in [4.69, 9.17) is 28.4 Å². The van der Waals surface area contributed by atoms with Crippen LogP contribution in [0, 0.1) is 23.7 Å². The van der Waals surface area contributed by atoms with Crippen LogP contribution in [0.1, 0.15) is 142 Å². The molecular weight excluding hydrogens is 596 g/mol. The highest BCUT2D eigenvalue weighted by Gasteiger charge is 2.44. The first-order chi connectivity index (χ1) is 23.1. The van der Waals surface area contributed by atoms with E-state index in [0.29, 0.717) is 32.0 Å². The van der Waals surface area contributed by atoms with E-state index < -0.39 is 0 Å². The largest absolute Gasteiger partial charge is 0.353 e. The molecule has 0 aromatic carbocycles. The molecule has 3 unspecified atom stereocenters. The predicted octanol–water partition coefficient (Wildman–Crippen LogP) is 8.24. The Morgan fingerprint density at radius 2 is 1.57 bits per heavy atom. The van der Waals surface area contributed by atoms with Crippen LogP contribution in [0.15, 0.2) is 12.2 Å². The molecule has 3 aliphatic heterocycles. The minimum absolute atomic E-state index is 0.0513. The summed E-state index contributed by atoms with van der Waals surface area (Å²) in [6.07, 6.45) is 24.2. The van der Waals surface area contributed by atoms with Crippen molar-refractivity contribution < 1.29 is 38.0 Å². The van der Waals surface area contributed by atoms with Crippen molar-refractivity contribution in [2.45, 2.75) is 173 Å². The average Bonchev–Trinajstić information content (AvgIpc) is 3.68. The highest BCUT2D eigenvalue weighted by atomic mass is 16.7. The molecule has 0 aromatic heterocycles. The second kappa shape index (κ2) is 20.5. The summed E-state index contributed by atoms with van der Waals surface area (Å²) < 4.78 is 36.6. The number of carbonyl (C=O) groups excluding carboxylic acids is 2. The van der Waals surface area contributed by atoms with Crippen molar-refractivity contribution in [3.63, 3.8) is 0 Å². The zero-order valence-electron chi connectivity index (χ0n) is 29.3. The minimum Gasteiger partial charge on any atom is -0.353 e. The first kappa shape index (κ1) is 37.1. The fourth-order valence-corrected chi connectivity index (χ4v) is 8.34. The summed E-state index contributed by atoms with van der Waals surface area (Å²) in [7, 11) is 0. The lowest BCUT2D eigenvalue weighted by atomic mass is 9.87. The van der Waals surface area contributed by atoms with E-state index in [2.05, 4.69) is 19.1 Å². The molecule has 8 heteroatoms. The van der Waals surface area contributed by atoms with Crippen molar-refractivity contribution in [3.05, 3.63) is 12.2 Å². The van der Waals surface area contributed by atoms with Gasteiger partial charge in [-0.05, 0) is 95.3 Å². The molecule has 5 rings (SSSR count). The molecule has 0 aromatic rings. The number of hydrogen-bond acceptors (Lipinski definition) is 8. The van der Waals surface area contributed by atoms with Gasteiger partial charge in [-0.1, -0.05) is 51.2 Å². The molecule has 0 amide bonds. The smallest absolute Gasteiger partial charge is 0.158 e. The molecule has 47 heavy (non-hydrogen) atoms.